The number of nitrogens with one attached hydrogen (secondary N) is 1. The summed E-state index contributed by atoms with van der Waals surface area (Å²) in [7, 11) is 0. The molecule has 0 unspecified atom stereocenters. The fourth-order valence-corrected chi connectivity index (χ4v) is 1.65. The highest BCUT2D eigenvalue weighted by molar-refractivity contribution is 6.29. The van der Waals surface area contributed by atoms with E-state index < -0.39 is 0 Å². The van der Waals surface area contributed by atoms with Crippen LogP contribution in [-0.2, 0) is 6.42 Å². The smallest absolute Gasteiger partial charge is 0.234 e. The van der Waals surface area contributed by atoms with Gasteiger partial charge in [-0.05, 0) is 25.0 Å². The lowest BCUT2D eigenvalue weighted by Crippen LogP contribution is -2.07. The maximum atomic E-state index is 5.73. The molecular formula is C13H15ClN4O. The molecule has 0 radical (unpaired) electrons. The number of aromatic nitrogens is 3. The van der Waals surface area contributed by atoms with Crippen molar-refractivity contribution < 1.29 is 4.74 Å². The molecule has 0 saturated carbocycles. The van der Waals surface area contributed by atoms with E-state index in [-0.39, 0.29) is 0 Å². The van der Waals surface area contributed by atoms with Crippen LogP contribution in [0.15, 0.2) is 30.7 Å². The van der Waals surface area contributed by atoms with E-state index in [0.717, 1.165) is 18.5 Å². The zero-order valence-corrected chi connectivity index (χ0v) is 11.4. The van der Waals surface area contributed by atoms with Crippen LogP contribution in [0.2, 0.25) is 5.15 Å². The average Bonchev–Trinajstić information content (AvgIpc) is 2.42. The van der Waals surface area contributed by atoms with Crippen molar-refractivity contribution in [1.29, 1.82) is 0 Å². The molecule has 0 aliphatic rings. The Balaban J connectivity index is 1.85. The molecule has 0 aromatic carbocycles. The third kappa shape index (κ3) is 4.37. The average molecular weight is 279 g/mol. The van der Waals surface area contributed by atoms with Crippen LogP contribution >= 0.6 is 11.6 Å². The summed E-state index contributed by atoms with van der Waals surface area (Å²) in [6, 6.07) is 3.74. The van der Waals surface area contributed by atoms with Gasteiger partial charge in [-0.25, -0.2) is 4.98 Å². The normalized spacial score (nSPS) is 10.2. The fourth-order valence-electron chi connectivity index (χ4n) is 1.54. The maximum Gasteiger partial charge on any atom is 0.234 e. The molecule has 0 bridgehead atoms. The molecule has 2 heterocycles. The van der Waals surface area contributed by atoms with Crippen LogP contribution in [0.4, 0.5) is 5.82 Å². The molecule has 2 rings (SSSR count). The summed E-state index contributed by atoms with van der Waals surface area (Å²) in [5.74, 6) is 1.23. The molecule has 19 heavy (non-hydrogen) atoms. The van der Waals surface area contributed by atoms with Gasteiger partial charge in [-0.2, -0.15) is 4.98 Å². The lowest BCUT2D eigenvalue weighted by atomic mass is 10.2. The van der Waals surface area contributed by atoms with Crippen LogP contribution in [0, 0.1) is 0 Å². The maximum absolute atomic E-state index is 5.73. The predicted octanol–water partition coefficient (Wildman–Crippen LogP) is 2.58. The minimum Gasteiger partial charge on any atom is -0.477 e. The van der Waals surface area contributed by atoms with Gasteiger partial charge in [0.1, 0.15) is 11.0 Å². The highest BCUT2D eigenvalue weighted by Gasteiger charge is 1.99. The summed E-state index contributed by atoms with van der Waals surface area (Å²) in [6.07, 6.45) is 5.87. The van der Waals surface area contributed by atoms with Crippen LogP contribution in [-0.4, -0.2) is 28.1 Å². The van der Waals surface area contributed by atoms with Gasteiger partial charge in [0, 0.05) is 12.7 Å². The topological polar surface area (TPSA) is 59.9 Å². The molecule has 6 heteroatoms. The van der Waals surface area contributed by atoms with Crippen molar-refractivity contribution in [2.75, 3.05) is 18.5 Å². The monoisotopic (exact) mass is 278 g/mol. The van der Waals surface area contributed by atoms with E-state index in [1.54, 1.807) is 24.7 Å². The lowest BCUT2D eigenvalue weighted by Gasteiger charge is -2.07. The minimum absolute atomic E-state index is 0.506. The molecule has 0 fully saturated rings. The molecule has 0 aliphatic heterocycles. The van der Waals surface area contributed by atoms with Gasteiger partial charge >= 0.3 is 0 Å². The van der Waals surface area contributed by atoms with Crippen molar-refractivity contribution in [1.82, 2.24) is 15.0 Å². The Morgan fingerprint density at radius 3 is 2.89 bits per heavy atom. The van der Waals surface area contributed by atoms with E-state index in [9.17, 15) is 0 Å². The minimum atomic E-state index is 0.506. The summed E-state index contributed by atoms with van der Waals surface area (Å²) < 4.78 is 5.29. The molecule has 0 saturated heterocycles. The Morgan fingerprint density at radius 1 is 1.26 bits per heavy atom. The Labute approximate surface area is 117 Å². The highest BCUT2D eigenvalue weighted by Crippen LogP contribution is 2.09. The Kier molecular flexibility index (Phi) is 4.92. The summed E-state index contributed by atoms with van der Waals surface area (Å²) in [4.78, 5) is 12.4. The zero-order chi connectivity index (χ0) is 13.5. The number of hydrogen-bond donors (Lipinski definition) is 1. The van der Waals surface area contributed by atoms with Crippen molar-refractivity contribution >= 4 is 17.4 Å². The second kappa shape index (κ2) is 6.89. The quantitative estimate of drug-likeness (QED) is 0.823. The summed E-state index contributed by atoms with van der Waals surface area (Å²) >= 11 is 5.73. The molecule has 1 N–H and O–H groups in total. The number of nitrogens with zero attached hydrogens (tertiary/aromatic N) is 3. The number of ether oxygens (including phenoxy) is 1. The van der Waals surface area contributed by atoms with Gasteiger partial charge in [-0.15, -0.1) is 0 Å². The van der Waals surface area contributed by atoms with Gasteiger partial charge in [0.15, 0.2) is 0 Å². The highest BCUT2D eigenvalue weighted by atomic mass is 35.5. The van der Waals surface area contributed by atoms with Crippen LogP contribution in [0.1, 0.15) is 12.5 Å². The van der Waals surface area contributed by atoms with Crippen LogP contribution < -0.4 is 10.1 Å². The molecule has 5 nitrogen and oxygen atoms in total. The van der Waals surface area contributed by atoms with Gasteiger partial charge in [0.2, 0.25) is 5.88 Å². The molecule has 2 aromatic heterocycles. The van der Waals surface area contributed by atoms with Crippen LogP contribution in [0.5, 0.6) is 5.88 Å². The first-order valence-electron chi connectivity index (χ1n) is 6.07. The number of rotatable bonds is 6. The number of hydrogen-bond acceptors (Lipinski definition) is 5. The third-order valence-electron chi connectivity index (χ3n) is 2.41. The van der Waals surface area contributed by atoms with Gasteiger partial charge in [-0.1, -0.05) is 17.7 Å². The zero-order valence-electron chi connectivity index (χ0n) is 10.6. The van der Waals surface area contributed by atoms with Gasteiger partial charge in [0.25, 0.3) is 0 Å². The molecular weight excluding hydrogens is 264 g/mol. The van der Waals surface area contributed by atoms with Crippen molar-refractivity contribution in [2.24, 2.45) is 0 Å². The van der Waals surface area contributed by atoms with E-state index in [2.05, 4.69) is 20.3 Å². The Bertz CT molecular complexity index is 518. The molecule has 0 atom stereocenters. The summed E-state index contributed by atoms with van der Waals surface area (Å²) in [5, 5.41) is 3.70. The van der Waals surface area contributed by atoms with E-state index >= 15 is 0 Å². The number of halogens is 1. The fraction of sp³-hybridized carbons (Fsp3) is 0.308. The lowest BCUT2D eigenvalue weighted by molar-refractivity contribution is 0.325. The molecule has 2 aromatic rings. The second-order valence-electron chi connectivity index (χ2n) is 3.84. The number of anilines is 1. The van der Waals surface area contributed by atoms with E-state index in [1.807, 2.05) is 13.0 Å². The number of pyridine rings is 1. The van der Waals surface area contributed by atoms with Gasteiger partial charge < -0.3 is 10.1 Å². The Hall–Kier alpha value is -1.88. The third-order valence-corrected chi connectivity index (χ3v) is 2.64. The van der Waals surface area contributed by atoms with Crippen molar-refractivity contribution in [2.45, 2.75) is 13.3 Å². The first-order chi connectivity index (χ1) is 9.28. The first kappa shape index (κ1) is 13.5. The van der Waals surface area contributed by atoms with Crippen molar-refractivity contribution in [3.8, 4) is 5.88 Å². The van der Waals surface area contributed by atoms with Gasteiger partial charge in [0.05, 0.1) is 19.0 Å². The standard InChI is InChI=1S/C13H15ClN4O/c1-2-19-13-9-15-8-12(18-13)16-6-5-10-3-4-11(14)17-7-10/h3-4,7-9H,2,5-6H2,1H3,(H,16,18). The van der Waals surface area contributed by atoms with E-state index in [0.29, 0.717) is 23.5 Å². The van der Waals surface area contributed by atoms with Crippen molar-refractivity contribution in [3.63, 3.8) is 0 Å². The van der Waals surface area contributed by atoms with Gasteiger partial charge in [-0.3, -0.25) is 4.98 Å². The van der Waals surface area contributed by atoms with Crippen molar-refractivity contribution in [3.05, 3.63) is 41.4 Å². The second-order valence-corrected chi connectivity index (χ2v) is 4.23. The van der Waals surface area contributed by atoms with E-state index in [4.69, 9.17) is 16.3 Å². The first-order valence-corrected chi connectivity index (χ1v) is 6.45. The molecule has 100 valence electrons. The molecule has 0 aliphatic carbocycles. The predicted molar refractivity (Wildman–Crippen MR) is 74.6 cm³/mol. The Morgan fingerprint density at radius 2 is 2.16 bits per heavy atom. The summed E-state index contributed by atoms with van der Waals surface area (Å²) in [5.41, 5.74) is 1.12. The van der Waals surface area contributed by atoms with Crippen LogP contribution in [0.25, 0.3) is 0 Å². The summed E-state index contributed by atoms with van der Waals surface area (Å²) in [6.45, 7) is 3.23. The molecule has 0 spiro atoms. The largest absolute Gasteiger partial charge is 0.477 e. The molecule has 0 amide bonds. The van der Waals surface area contributed by atoms with Crippen LogP contribution in [0.3, 0.4) is 0 Å². The SMILES string of the molecule is CCOc1cncc(NCCc2ccc(Cl)nc2)n1. The van der Waals surface area contributed by atoms with E-state index in [1.165, 1.54) is 0 Å².